The van der Waals surface area contributed by atoms with Crippen LogP contribution < -0.4 is 5.32 Å². The Balaban J connectivity index is 1.82. The van der Waals surface area contributed by atoms with Crippen LogP contribution in [0.25, 0.3) is 10.2 Å². The molecule has 6 heteroatoms. The molecular formula is C16H21N3OS2. The summed E-state index contributed by atoms with van der Waals surface area (Å²) in [6, 6.07) is 0.227. The van der Waals surface area contributed by atoms with Crippen molar-refractivity contribution >= 4 is 39.2 Å². The number of aryl methyl sites for hydroxylation is 3. The summed E-state index contributed by atoms with van der Waals surface area (Å²) in [4.78, 5) is 23.7. The van der Waals surface area contributed by atoms with E-state index in [9.17, 15) is 4.79 Å². The number of hydrogen-bond donors (Lipinski definition) is 1. The normalized spacial score (nSPS) is 15.0. The van der Waals surface area contributed by atoms with Crippen LogP contribution in [-0.2, 0) is 17.6 Å². The van der Waals surface area contributed by atoms with Gasteiger partial charge in [0, 0.05) is 16.3 Å². The van der Waals surface area contributed by atoms with Gasteiger partial charge in [-0.25, -0.2) is 9.97 Å². The molecule has 4 nitrogen and oxygen atoms in total. The van der Waals surface area contributed by atoms with E-state index in [-0.39, 0.29) is 11.9 Å². The number of amides is 1. The Morgan fingerprint density at radius 2 is 2.23 bits per heavy atom. The molecule has 0 radical (unpaired) electrons. The fraction of sp³-hybridized carbons (Fsp3) is 0.562. The van der Waals surface area contributed by atoms with E-state index in [2.05, 4.69) is 22.2 Å². The lowest BCUT2D eigenvalue weighted by atomic mass is 10.2. The molecule has 0 bridgehead atoms. The van der Waals surface area contributed by atoms with Crippen molar-refractivity contribution in [3.05, 3.63) is 16.3 Å². The van der Waals surface area contributed by atoms with Crippen molar-refractivity contribution in [2.45, 2.75) is 57.5 Å². The van der Waals surface area contributed by atoms with Crippen LogP contribution in [0.3, 0.4) is 0 Å². The molecule has 0 saturated heterocycles. The van der Waals surface area contributed by atoms with Crippen LogP contribution in [0.4, 0.5) is 0 Å². The lowest BCUT2D eigenvalue weighted by Crippen LogP contribution is -2.33. The Bertz CT molecular complexity index is 711. The smallest absolute Gasteiger partial charge is 0.230 e. The van der Waals surface area contributed by atoms with Crippen LogP contribution in [0.2, 0.25) is 0 Å². The molecule has 1 atom stereocenters. The summed E-state index contributed by atoms with van der Waals surface area (Å²) >= 11 is 3.34. The highest BCUT2D eigenvalue weighted by Gasteiger charge is 2.22. The first-order chi connectivity index (χ1) is 10.6. The summed E-state index contributed by atoms with van der Waals surface area (Å²) in [5.74, 6) is 1.29. The first-order valence-corrected chi connectivity index (χ1v) is 9.59. The highest BCUT2D eigenvalue weighted by molar-refractivity contribution is 8.00. The molecule has 0 aliphatic heterocycles. The van der Waals surface area contributed by atoms with Crippen LogP contribution in [0.5, 0.6) is 0 Å². The highest BCUT2D eigenvalue weighted by Crippen LogP contribution is 2.40. The lowest BCUT2D eigenvalue weighted by molar-refractivity contribution is -0.119. The van der Waals surface area contributed by atoms with Crippen molar-refractivity contribution in [2.75, 3.05) is 5.75 Å². The summed E-state index contributed by atoms with van der Waals surface area (Å²) in [6.07, 6.45) is 4.46. The van der Waals surface area contributed by atoms with E-state index >= 15 is 0 Å². The van der Waals surface area contributed by atoms with Gasteiger partial charge in [-0.1, -0.05) is 18.7 Å². The van der Waals surface area contributed by atoms with Gasteiger partial charge in [0.15, 0.2) is 0 Å². The quantitative estimate of drug-likeness (QED) is 0.671. The molecule has 118 valence electrons. The number of nitrogens with one attached hydrogen (secondary N) is 1. The Morgan fingerprint density at radius 3 is 3.00 bits per heavy atom. The summed E-state index contributed by atoms with van der Waals surface area (Å²) in [5.41, 5.74) is 1.42. The maximum Gasteiger partial charge on any atom is 0.230 e. The van der Waals surface area contributed by atoms with E-state index in [1.54, 1.807) is 11.3 Å². The van der Waals surface area contributed by atoms with Crippen LogP contribution in [0.15, 0.2) is 5.03 Å². The van der Waals surface area contributed by atoms with Gasteiger partial charge in [0.25, 0.3) is 0 Å². The number of hydrogen-bond acceptors (Lipinski definition) is 5. The molecule has 2 aromatic heterocycles. The van der Waals surface area contributed by atoms with Gasteiger partial charge in [0.05, 0.1) is 5.75 Å². The van der Waals surface area contributed by atoms with E-state index in [0.717, 1.165) is 34.9 Å². The van der Waals surface area contributed by atoms with Gasteiger partial charge in [0.1, 0.15) is 15.7 Å². The minimum atomic E-state index is 0.0793. The van der Waals surface area contributed by atoms with E-state index in [1.807, 2.05) is 13.8 Å². The Labute approximate surface area is 139 Å². The number of aromatic nitrogens is 2. The number of nitrogens with zero attached hydrogens (tertiary/aromatic N) is 2. The first-order valence-electron chi connectivity index (χ1n) is 7.79. The summed E-state index contributed by atoms with van der Waals surface area (Å²) in [7, 11) is 0. The summed E-state index contributed by atoms with van der Waals surface area (Å²) in [6.45, 7) is 6.03. The van der Waals surface area contributed by atoms with E-state index in [4.69, 9.17) is 0 Å². The molecule has 22 heavy (non-hydrogen) atoms. The van der Waals surface area contributed by atoms with Gasteiger partial charge in [-0.15, -0.1) is 11.3 Å². The van der Waals surface area contributed by atoms with Gasteiger partial charge in [-0.3, -0.25) is 4.79 Å². The molecule has 1 N–H and O–H groups in total. The van der Waals surface area contributed by atoms with E-state index < -0.39 is 0 Å². The van der Waals surface area contributed by atoms with Crippen molar-refractivity contribution in [3.63, 3.8) is 0 Å². The molecule has 0 aromatic carbocycles. The molecule has 0 saturated carbocycles. The number of thiophene rings is 1. The van der Waals surface area contributed by atoms with Crippen LogP contribution in [0.1, 0.15) is 43.0 Å². The molecule has 2 aromatic rings. The molecular weight excluding hydrogens is 314 g/mol. The second-order valence-electron chi connectivity index (χ2n) is 5.78. The van der Waals surface area contributed by atoms with Crippen LogP contribution >= 0.6 is 23.1 Å². The van der Waals surface area contributed by atoms with Crippen molar-refractivity contribution in [1.82, 2.24) is 15.3 Å². The third kappa shape index (κ3) is 3.13. The second kappa shape index (κ2) is 6.54. The molecule has 1 amide bonds. The maximum atomic E-state index is 12.0. The average Bonchev–Trinajstić information content (AvgIpc) is 3.04. The third-order valence-corrected chi connectivity index (χ3v) is 6.16. The molecule has 0 fully saturated rings. The molecule has 0 spiro atoms. The van der Waals surface area contributed by atoms with Gasteiger partial charge in [-0.2, -0.15) is 0 Å². The summed E-state index contributed by atoms with van der Waals surface area (Å²) < 4.78 is 0. The zero-order valence-electron chi connectivity index (χ0n) is 13.2. The first kappa shape index (κ1) is 15.7. The standard InChI is InChI=1S/C16H21N3OS2/c1-4-9(2)17-13(20)8-21-15-14-11-6-5-7-12(11)22-16(14)19-10(3)18-15/h9H,4-8H2,1-3H3,(H,17,20)/t9-/m0/s1. The van der Waals surface area contributed by atoms with Crippen LogP contribution in [0, 0.1) is 6.92 Å². The summed E-state index contributed by atoms with van der Waals surface area (Å²) in [5, 5.41) is 5.18. The zero-order chi connectivity index (χ0) is 15.7. The molecule has 2 heterocycles. The number of thioether (sulfide) groups is 1. The maximum absolute atomic E-state index is 12.0. The monoisotopic (exact) mass is 335 g/mol. The number of carbonyl (C=O) groups excluding carboxylic acids is 1. The van der Waals surface area contributed by atoms with Crippen molar-refractivity contribution < 1.29 is 4.79 Å². The lowest BCUT2D eigenvalue weighted by Gasteiger charge is -2.11. The minimum Gasteiger partial charge on any atom is -0.353 e. The topological polar surface area (TPSA) is 54.9 Å². The van der Waals surface area contributed by atoms with Gasteiger partial charge in [0.2, 0.25) is 5.91 Å². The molecule has 0 unspecified atom stereocenters. The minimum absolute atomic E-state index is 0.0793. The molecule has 1 aliphatic carbocycles. The van der Waals surface area contributed by atoms with Gasteiger partial charge >= 0.3 is 0 Å². The van der Waals surface area contributed by atoms with Crippen LogP contribution in [-0.4, -0.2) is 27.7 Å². The fourth-order valence-electron chi connectivity index (χ4n) is 2.72. The largest absolute Gasteiger partial charge is 0.353 e. The highest BCUT2D eigenvalue weighted by atomic mass is 32.2. The zero-order valence-corrected chi connectivity index (χ0v) is 14.9. The van der Waals surface area contributed by atoms with E-state index in [1.165, 1.54) is 34.0 Å². The Hall–Kier alpha value is -1.14. The van der Waals surface area contributed by atoms with Gasteiger partial charge in [-0.05, 0) is 45.1 Å². The number of carbonyl (C=O) groups is 1. The number of fused-ring (bicyclic) bond motifs is 3. The predicted octanol–water partition coefficient (Wildman–Crippen LogP) is 3.50. The fourth-order valence-corrected chi connectivity index (χ4v) is 5.00. The SMILES string of the molecule is CC[C@H](C)NC(=O)CSc1nc(C)nc2sc3c(c12)CCC3. The Morgan fingerprint density at radius 1 is 1.41 bits per heavy atom. The third-order valence-electron chi connectivity index (χ3n) is 4.00. The van der Waals surface area contributed by atoms with Crippen molar-refractivity contribution in [1.29, 1.82) is 0 Å². The number of rotatable bonds is 5. The van der Waals surface area contributed by atoms with E-state index in [0.29, 0.717) is 5.75 Å². The van der Waals surface area contributed by atoms with Crippen molar-refractivity contribution in [2.24, 2.45) is 0 Å². The molecule has 3 rings (SSSR count). The van der Waals surface area contributed by atoms with Crippen molar-refractivity contribution in [3.8, 4) is 0 Å². The molecule has 1 aliphatic rings. The van der Waals surface area contributed by atoms with Gasteiger partial charge < -0.3 is 5.32 Å². The Kier molecular flexibility index (Phi) is 4.68. The predicted molar refractivity (Wildman–Crippen MR) is 92.8 cm³/mol. The average molecular weight is 335 g/mol. The second-order valence-corrected chi connectivity index (χ2v) is 7.83.